The highest BCUT2D eigenvalue weighted by molar-refractivity contribution is 6.00. The lowest BCUT2D eigenvalue weighted by atomic mass is 10.00. The van der Waals surface area contributed by atoms with E-state index in [4.69, 9.17) is 4.74 Å². The molecule has 1 N–H and O–H groups in total. The fourth-order valence-corrected chi connectivity index (χ4v) is 5.78. The molecule has 3 aliphatic heterocycles. The lowest BCUT2D eigenvalue weighted by Gasteiger charge is -2.34. The second kappa shape index (κ2) is 11.4. The van der Waals surface area contributed by atoms with Crippen molar-refractivity contribution in [3.05, 3.63) is 59.2 Å². The van der Waals surface area contributed by atoms with E-state index >= 15 is 0 Å². The van der Waals surface area contributed by atoms with Gasteiger partial charge in [-0.1, -0.05) is 31.2 Å². The second-order valence-electron chi connectivity index (χ2n) is 10.6. The van der Waals surface area contributed by atoms with Gasteiger partial charge in [-0.3, -0.25) is 9.69 Å². The summed E-state index contributed by atoms with van der Waals surface area (Å²) in [5.41, 5.74) is 4.07. The van der Waals surface area contributed by atoms with E-state index in [1.54, 1.807) is 17.0 Å². The minimum Gasteiger partial charge on any atom is -0.487 e. The van der Waals surface area contributed by atoms with E-state index in [-0.39, 0.29) is 5.91 Å². The number of anilines is 1. The van der Waals surface area contributed by atoms with Crippen molar-refractivity contribution in [3.8, 4) is 5.75 Å². The van der Waals surface area contributed by atoms with Crippen LogP contribution in [0.2, 0.25) is 0 Å². The van der Waals surface area contributed by atoms with Crippen molar-refractivity contribution in [3.63, 3.8) is 0 Å². The first-order valence-electron chi connectivity index (χ1n) is 13.6. The van der Waals surface area contributed by atoms with E-state index < -0.39 is 18.4 Å². The summed E-state index contributed by atoms with van der Waals surface area (Å²) < 4.78 is 20.7. The standard InChI is InChI=1S/C29H39FN4O3/c1-3-32-13-11-28(26(30)20-32)37-24-8-9-25-27(16-24)31(2)14-15-34(29(25)36)19-23(35)18-33-12-10-21-6-4-5-7-22(21)17-33/h4-9,16,23,26,28,35H,3,10-15,17-20H2,1-2H3/t23-,26?,28?/m1/s1. The Labute approximate surface area is 219 Å². The van der Waals surface area contributed by atoms with Crippen molar-refractivity contribution in [2.75, 3.05) is 64.3 Å². The normalized spacial score (nSPS) is 23.8. The third-order valence-electron chi connectivity index (χ3n) is 8.01. The molecule has 2 aromatic rings. The number of hydrogen-bond donors (Lipinski definition) is 1. The number of fused-ring (bicyclic) bond motifs is 2. The van der Waals surface area contributed by atoms with Gasteiger partial charge in [0.25, 0.3) is 5.91 Å². The van der Waals surface area contributed by atoms with Crippen LogP contribution in [0.15, 0.2) is 42.5 Å². The van der Waals surface area contributed by atoms with Crippen molar-refractivity contribution >= 4 is 11.6 Å². The summed E-state index contributed by atoms with van der Waals surface area (Å²) in [4.78, 5) is 21.6. The van der Waals surface area contributed by atoms with E-state index in [0.717, 1.165) is 38.3 Å². The number of amides is 1. The van der Waals surface area contributed by atoms with Gasteiger partial charge in [0, 0.05) is 65.5 Å². The first kappa shape index (κ1) is 25.9. The maximum absolute atomic E-state index is 14.7. The third-order valence-corrected chi connectivity index (χ3v) is 8.01. The SMILES string of the molecule is CCN1CCC(Oc2ccc3c(c2)N(C)CCN(C[C@H](O)CN2CCc4ccccc4C2)C3=O)C(F)C1. The van der Waals surface area contributed by atoms with Crippen LogP contribution in [-0.2, 0) is 13.0 Å². The Morgan fingerprint density at radius 2 is 1.86 bits per heavy atom. The summed E-state index contributed by atoms with van der Waals surface area (Å²) in [5.74, 6) is 0.503. The number of likely N-dealkylation sites (tertiary alicyclic amines) is 1. The number of carbonyl (C=O) groups excluding carboxylic acids is 1. The Morgan fingerprint density at radius 3 is 2.65 bits per heavy atom. The largest absolute Gasteiger partial charge is 0.487 e. The van der Waals surface area contributed by atoms with Gasteiger partial charge in [0.2, 0.25) is 0 Å². The van der Waals surface area contributed by atoms with E-state index in [1.165, 1.54) is 11.1 Å². The number of benzene rings is 2. The van der Waals surface area contributed by atoms with Crippen LogP contribution >= 0.6 is 0 Å². The number of aliphatic hydroxyl groups excluding tert-OH is 1. The van der Waals surface area contributed by atoms with Crippen LogP contribution in [0.4, 0.5) is 10.1 Å². The quantitative estimate of drug-likeness (QED) is 0.618. The molecular weight excluding hydrogens is 471 g/mol. The average Bonchev–Trinajstić information content (AvgIpc) is 3.01. The summed E-state index contributed by atoms with van der Waals surface area (Å²) in [5, 5.41) is 10.9. The summed E-state index contributed by atoms with van der Waals surface area (Å²) in [6, 6.07) is 13.9. The predicted octanol–water partition coefficient (Wildman–Crippen LogP) is 2.81. The summed E-state index contributed by atoms with van der Waals surface area (Å²) in [6.07, 6.45) is -0.498. The number of likely N-dealkylation sites (N-methyl/N-ethyl adjacent to an activating group) is 1. The zero-order valence-electron chi connectivity index (χ0n) is 22.0. The molecule has 3 atom stereocenters. The molecule has 7 nitrogen and oxygen atoms in total. The minimum absolute atomic E-state index is 0.0893. The molecular formula is C29H39FN4O3. The van der Waals surface area contributed by atoms with Gasteiger partial charge in [-0.2, -0.15) is 0 Å². The lowest BCUT2D eigenvalue weighted by Crippen LogP contribution is -2.46. The van der Waals surface area contributed by atoms with E-state index in [0.29, 0.717) is 50.5 Å². The Hall–Kier alpha value is -2.68. The van der Waals surface area contributed by atoms with Crippen LogP contribution in [0.5, 0.6) is 5.75 Å². The fourth-order valence-electron chi connectivity index (χ4n) is 5.78. The lowest BCUT2D eigenvalue weighted by molar-refractivity contribution is 0.0240. The molecule has 0 radical (unpaired) electrons. The Morgan fingerprint density at radius 1 is 1.05 bits per heavy atom. The van der Waals surface area contributed by atoms with E-state index in [2.05, 4.69) is 34.1 Å². The van der Waals surface area contributed by atoms with E-state index in [9.17, 15) is 14.3 Å². The average molecular weight is 511 g/mol. The van der Waals surface area contributed by atoms with Crippen molar-refractivity contribution in [1.82, 2.24) is 14.7 Å². The van der Waals surface area contributed by atoms with Gasteiger partial charge in [0.15, 0.2) is 0 Å². The number of alkyl halides is 1. The highest BCUT2D eigenvalue weighted by Gasteiger charge is 2.32. The summed E-state index contributed by atoms with van der Waals surface area (Å²) in [7, 11) is 1.96. The molecule has 0 aromatic heterocycles. The Balaban J connectivity index is 1.22. The molecule has 0 aliphatic carbocycles. The van der Waals surface area contributed by atoms with Crippen molar-refractivity contribution < 1.29 is 19.0 Å². The number of carbonyl (C=O) groups is 1. The third kappa shape index (κ3) is 5.92. The zero-order chi connectivity index (χ0) is 25.9. The first-order valence-corrected chi connectivity index (χ1v) is 13.6. The minimum atomic E-state index is -1.03. The number of piperidine rings is 1. The molecule has 1 fully saturated rings. The topological polar surface area (TPSA) is 59.5 Å². The van der Waals surface area contributed by atoms with Gasteiger partial charge in [-0.15, -0.1) is 0 Å². The summed E-state index contributed by atoms with van der Waals surface area (Å²) >= 11 is 0. The maximum atomic E-state index is 14.7. The zero-order valence-corrected chi connectivity index (χ0v) is 22.0. The van der Waals surface area contributed by atoms with Gasteiger partial charge in [0.1, 0.15) is 18.0 Å². The number of aliphatic hydroxyl groups is 1. The van der Waals surface area contributed by atoms with Gasteiger partial charge in [-0.25, -0.2) is 4.39 Å². The smallest absolute Gasteiger partial charge is 0.256 e. The number of hydrogen-bond acceptors (Lipinski definition) is 6. The molecule has 5 rings (SSSR count). The fraction of sp³-hybridized carbons (Fsp3) is 0.552. The highest BCUT2D eigenvalue weighted by atomic mass is 19.1. The van der Waals surface area contributed by atoms with Gasteiger partial charge in [0.05, 0.1) is 17.4 Å². The highest BCUT2D eigenvalue weighted by Crippen LogP contribution is 2.31. The van der Waals surface area contributed by atoms with Crippen LogP contribution in [-0.4, -0.2) is 103 Å². The number of rotatable bonds is 7. The molecule has 3 aliphatic rings. The molecule has 200 valence electrons. The molecule has 0 bridgehead atoms. The predicted molar refractivity (Wildman–Crippen MR) is 143 cm³/mol. The molecule has 37 heavy (non-hydrogen) atoms. The van der Waals surface area contributed by atoms with Gasteiger partial charge < -0.3 is 24.5 Å². The molecule has 2 unspecified atom stereocenters. The number of nitrogens with zero attached hydrogens (tertiary/aromatic N) is 4. The monoisotopic (exact) mass is 510 g/mol. The molecule has 1 amide bonds. The molecule has 0 spiro atoms. The number of halogens is 1. The molecule has 2 aromatic carbocycles. The van der Waals surface area contributed by atoms with Crippen molar-refractivity contribution in [2.45, 2.75) is 44.7 Å². The van der Waals surface area contributed by atoms with E-state index in [1.807, 2.05) is 24.9 Å². The number of ether oxygens (including phenoxy) is 1. The Bertz CT molecular complexity index is 1100. The van der Waals surface area contributed by atoms with Crippen LogP contribution in [0.1, 0.15) is 34.8 Å². The first-order chi connectivity index (χ1) is 17.9. The van der Waals surface area contributed by atoms with Crippen molar-refractivity contribution in [2.24, 2.45) is 0 Å². The maximum Gasteiger partial charge on any atom is 0.256 e. The van der Waals surface area contributed by atoms with Crippen LogP contribution < -0.4 is 9.64 Å². The molecule has 0 saturated carbocycles. The molecule has 3 heterocycles. The van der Waals surface area contributed by atoms with Crippen LogP contribution in [0, 0.1) is 0 Å². The van der Waals surface area contributed by atoms with Crippen LogP contribution in [0.25, 0.3) is 0 Å². The molecule has 8 heteroatoms. The molecule has 1 saturated heterocycles. The van der Waals surface area contributed by atoms with Gasteiger partial charge >= 0.3 is 0 Å². The van der Waals surface area contributed by atoms with Crippen molar-refractivity contribution in [1.29, 1.82) is 0 Å². The van der Waals surface area contributed by atoms with Gasteiger partial charge in [-0.05, 0) is 42.6 Å². The summed E-state index contributed by atoms with van der Waals surface area (Å²) in [6.45, 7) is 7.85. The van der Waals surface area contributed by atoms with Crippen LogP contribution in [0.3, 0.4) is 0 Å². The number of β-amino-alcohol motifs (C(OH)–C–C–N with tert-alkyl or cyclic N) is 1. The Kier molecular flexibility index (Phi) is 7.98. The second-order valence-corrected chi connectivity index (χ2v) is 10.6.